The Morgan fingerprint density at radius 1 is 0.696 bits per heavy atom. The summed E-state index contributed by atoms with van der Waals surface area (Å²) in [5.41, 5.74) is 0. The van der Waals surface area contributed by atoms with Crippen molar-refractivity contribution in [2.75, 3.05) is 26.4 Å². The highest BCUT2D eigenvalue weighted by molar-refractivity contribution is 7.47. The number of aliphatic hydroxyl groups excluding tert-OH is 1. The monoisotopic (exact) mass is 663 g/mol. The van der Waals surface area contributed by atoms with E-state index in [1.807, 2.05) is 12.2 Å². The van der Waals surface area contributed by atoms with Gasteiger partial charge in [-0.05, 0) is 51.4 Å². The van der Waals surface area contributed by atoms with Crippen molar-refractivity contribution in [3.05, 3.63) is 85.1 Å². The summed E-state index contributed by atoms with van der Waals surface area (Å²) in [5.74, 6) is -0.680. The highest BCUT2D eigenvalue weighted by Crippen LogP contribution is 2.42. The van der Waals surface area contributed by atoms with Gasteiger partial charge in [-0.25, -0.2) is 4.57 Å². The van der Waals surface area contributed by atoms with Crippen LogP contribution < -0.4 is 5.32 Å². The van der Waals surface area contributed by atoms with Crippen LogP contribution in [0.3, 0.4) is 0 Å². The van der Waals surface area contributed by atoms with Crippen LogP contribution in [-0.2, 0) is 27.9 Å². The van der Waals surface area contributed by atoms with Crippen molar-refractivity contribution in [3.63, 3.8) is 0 Å². The number of carbonyl (C=O) groups is 2. The zero-order chi connectivity index (χ0) is 34.0. The molecule has 0 aliphatic heterocycles. The third-order valence-corrected chi connectivity index (χ3v) is 7.10. The normalized spacial score (nSPS) is 14.6. The maximum atomic E-state index is 11.9. The summed E-state index contributed by atoms with van der Waals surface area (Å²) < 4.78 is 26.4. The molecule has 0 aromatic rings. The Hall–Kier alpha value is -2.81. The minimum atomic E-state index is -4.43. The molecule has 0 heterocycles. The summed E-state index contributed by atoms with van der Waals surface area (Å²) in [5, 5.41) is 12.4. The van der Waals surface area contributed by atoms with Gasteiger partial charge in [0.1, 0.15) is 12.7 Å². The molecule has 3 N–H and O–H groups in total. The third kappa shape index (κ3) is 32.6. The van der Waals surface area contributed by atoms with E-state index in [0.29, 0.717) is 0 Å². The zero-order valence-electron chi connectivity index (χ0n) is 28.0. The third-order valence-electron chi connectivity index (χ3n) is 6.12. The topological polar surface area (TPSA) is 131 Å². The number of rotatable bonds is 29. The van der Waals surface area contributed by atoms with Crippen molar-refractivity contribution in [2.24, 2.45) is 0 Å². The van der Waals surface area contributed by atoms with Crippen LogP contribution in [0.1, 0.15) is 97.3 Å². The van der Waals surface area contributed by atoms with Crippen molar-refractivity contribution in [1.29, 1.82) is 0 Å². The average Bonchev–Trinajstić information content (AvgIpc) is 3.04. The fraction of sp³-hybridized carbons (Fsp3) is 0.556. The number of amides is 1. The molecule has 260 valence electrons. The van der Waals surface area contributed by atoms with Crippen LogP contribution in [0.5, 0.6) is 0 Å². The minimum Gasteiger partial charge on any atom is -0.463 e. The van der Waals surface area contributed by atoms with Crippen LogP contribution in [-0.4, -0.2) is 54.3 Å². The van der Waals surface area contributed by atoms with Gasteiger partial charge in [-0.2, -0.15) is 0 Å². The zero-order valence-corrected chi connectivity index (χ0v) is 28.9. The predicted octanol–water partition coefficient (Wildman–Crippen LogP) is 8.14. The van der Waals surface area contributed by atoms with Gasteiger partial charge in [0, 0.05) is 19.4 Å². The van der Waals surface area contributed by atoms with E-state index in [0.717, 1.165) is 70.6 Å². The Morgan fingerprint density at radius 3 is 1.70 bits per heavy atom. The maximum absolute atomic E-state index is 11.9. The van der Waals surface area contributed by atoms with Gasteiger partial charge in [0.25, 0.3) is 0 Å². The van der Waals surface area contributed by atoms with E-state index in [4.69, 9.17) is 13.8 Å². The molecule has 0 aromatic carbocycles. The quantitative estimate of drug-likeness (QED) is 0.0316. The lowest BCUT2D eigenvalue weighted by atomic mass is 10.2. The van der Waals surface area contributed by atoms with Gasteiger partial charge < -0.3 is 20.1 Å². The molecular formula is C36H58NO8P. The molecule has 46 heavy (non-hydrogen) atoms. The van der Waals surface area contributed by atoms with Gasteiger partial charge >= 0.3 is 13.8 Å². The van der Waals surface area contributed by atoms with Gasteiger partial charge in [-0.3, -0.25) is 18.6 Å². The van der Waals surface area contributed by atoms with Crippen molar-refractivity contribution >= 4 is 19.7 Å². The Balaban J connectivity index is 3.81. The van der Waals surface area contributed by atoms with E-state index < -0.39 is 26.5 Å². The lowest BCUT2D eigenvalue weighted by molar-refractivity contribution is -0.147. The van der Waals surface area contributed by atoms with Crippen LogP contribution in [0.2, 0.25) is 0 Å². The molecular weight excluding hydrogens is 605 g/mol. The van der Waals surface area contributed by atoms with Crippen LogP contribution in [0.15, 0.2) is 85.1 Å². The highest BCUT2D eigenvalue weighted by Gasteiger charge is 2.23. The molecule has 0 fully saturated rings. The molecule has 0 aromatic heterocycles. The van der Waals surface area contributed by atoms with Crippen molar-refractivity contribution in [3.8, 4) is 0 Å². The number of hydrogen-bond acceptors (Lipinski definition) is 7. The summed E-state index contributed by atoms with van der Waals surface area (Å²) in [6, 6.07) is 0. The predicted molar refractivity (Wildman–Crippen MR) is 187 cm³/mol. The van der Waals surface area contributed by atoms with E-state index in [1.165, 1.54) is 0 Å². The van der Waals surface area contributed by atoms with E-state index in [1.54, 1.807) is 6.08 Å². The summed E-state index contributed by atoms with van der Waals surface area (Å²) in [7, 11) is -4.43. The van der Waals surface area contributed by atoms with Crippen LogP contribution >= 0.6 is 7.82 Å². The second kappa shape index (κ2) is 32.1. The number of hydrogen-bond donors (Lipinski definition) is 3. The lowest BCUT2D eigenvalue weighted by Gasteiger charge is -2.15. The van der Waals surface area contributed by atoms with Crippen molar-refractivity contribution in [1.82, 2.24) is 5.32 Å². The fourth-order valence-electron chi connectivity index (χ4n) is 3.63. The van der Waals surface area contributed by atoms with Crippen LogP contribution in [0.4, 0.5) is 0 Å². The molecule has 0 rings (SSSR count). The Kier molecular flexibility index (Phi) is 30.2. The number of aliphatic hydroxyl groups is 1. The number of phosphoric acid groups is 1. The molecule has 0 saturated carbocycles. The first-order valence-electron chi connectivity index (χ1n) is 16.6. The number of phosphoric ester groups is 1. The summed E-state index contributed by atoms with van der Waals surface area (Å²) in [6.45, 7) is 3.11. The molecule has 0 radical (unpaired) electrons. The smallest absolute Gasteiger partial charge is 0.463 e. The van der Waals surface area contributed by atoms with Gasteiger partial charge in [0.05, 0.1) is 13.2 Å². The molecule has 9 nitrogen and oxygen atoms in total. The molecule has 0 saturated heterocycles. The first kappa shape index (κ1) is 43.2. The minimum absolute atomic E-state index is 0.0198. The van der Waals surface area contributed by atoms with Crippen molar-refractivity contribution in [2.45, 2.75) is 103 Å². The summed E-state index contributed by atoms with van der Waals surface area (Å²) in [4.78, 5) is 33.2. The SMILES string of the molecule is CC/C=C\C/C=C\C/C=C\C/C=C\C/C=C\C/C=C\C/C=C\CC(=O)NCCOP(=O)(O)OCC(O)COC(=O)CCCCCC. The molecule has 0 aliphatic rings. The molecule has 0 spiro atoms. The maximum Gasteiger partial charge on any atom is 0.472 e. The number of nitrogens with one attached hydrogen (secondary N) is 1. The standard InChI is InChI=1S/C36H58NO8P/c1-3-5-7-9-10-11-12-13-14-15-16-17-18-19-20-21-22-23-24-25-26-28-35(39)37-30-31-44-46(41,42)45-33-34(38)32-43-36(40)29-27-8-6-4-2/h5,7,10-11,13-14,16-17,19-20,22-23,25-26,34,38H,3-4,6,8-9,12,15,18,21,24,27-33H2,1-2H3,(H,37,39)(H,41,42)/b7-5-,11-10-,14-13-,17-16-,20-19-,23-22-,26-25-. The largest absolute Gasteiger partial charge is 0.472 e. The highest BCUT2D eigenvalue weighted by atomic mass is 31.2. The summed E-state index contributed by atoms with van der Waals surface area (Å²) in [6.07, 6.45) is 38.9. The first-order chi connectivity index (χ1) is 22.3. The van der Waals surface area contributed by atoms with Crippen molar-refractivity contribution < 1.29 is 37.9 Å². The van der Waals surface area contributed by atoms with E-state index in [2.05, 4.69) is 86.0 Å². The second-order valence-corrected chi connectivity index (χ2v) is 11.9. The van der Waals surface area contributed by atoms with Crippen LogP contribution in [0, 0.1) is 0 Å². The average molecular weight is 664 g/mol. The molecule has 0 bridgehead atoms. The second-order valence-electron chi connectivity index (χ2n) is 10.4. The van der Waals surface area contributed by atoms with Gasteiger partial charge in [0.15, 0.2) is 0 Å². The number of ether oxygens (including phenoxy) is 1. The van der Waals surface area contributed by atoms with Gasteiger partial charge in [-0.1, -0.05) is 118 Å². The van der Waals surface area contributed by atoms with E-state index in [9.17, 15) is 24.2 Å². The first-order valence-corrected chi connectivity index (χ1v) is 18.1. The van der Waals surface area contributed by atoms with Crippen LogP contribution in [0.25, 0.3) is 0 Å². The summed E-state index contributed by atoms with van der Waals surface area (Å²) >= 11 is 0. The number of allylic oxidation sites excluding steroid dienone is 13. The van der Waals surface area contributed by atoms with Gasteiger partial charge in [0.2, 0.25) is 5.91 Å². The Bertz CT molecular complexity index is 1030. The molecule has 1 amide bonds. The molecule has 2 unspecified atom stereocenters. The molecule has 2 atom stereocenters. The van der Waals surface area contributed by atoms with E-state index in [-0.39, 0.29) is 38.5 Å². The molecule has 10 heteroatoms. The molecule has 0 aliphatic carbocycles. The number of carbonyl (C=O) groups excluding carboxylic acids is 2. The Labute approximate surface area is 277 Å². The van der Waals surface area contributed by atoms with Gasteiger partial charge in [-0.15, -0.1) is 0 Å². The number of esters is 1. The lowest BCUT2D eigenvalue weighted by Crippen LogP contribution is -2.26. The number of unbranched alkanes of at least 4 members (excludes halogenated alkanes) is 3. The van der Waals surface area contributed by atoms with E-state index >= 15 is 0 Å². The fourth-order valence-corrected chi connectivity index (χ4v) is 4.39. The Morgan fingerprint density at radius 2 is 1.20 bits per heavy atom.